The second-order valence-electron chi connectivity index (χ2n) is 29.4. The highest BCUT2D eigenvalue weighted by atomic mass is 35.9. The van der Waals surface area contributed by atoms with E-state index in [4.69, 9.17) is 112 Å². The lowest BCUT2D eigenvalue weighted by molar-refractivity contribution is -0.385. The number of aliphatic hydroxyl groups excluding tert-OH is 3. The molecule has 722 valence electrons. The molecule has 2 fully saturated rings. The van der Waals surface area contributed by atoms with Gasteiger partial charge in [-0.3, -0.25) is 77.9 Å². The first-order chi connectivity index (χ1) is 63.1. The van der Waals surface area contributed by atoms with Gasteiger partial charge in [0.2, 0.25) is 11.9 Å². The summed E-state index contributed by atoms with van der Waals surface area (Å²) in [6.45, 7) is 10.8. The van der Waals surface area contributed by atoms with Crippen LogP contribution in [0.3, 0.4) is 0 Å². The fraction of sp³-hybridized carbons (Fsp3) is 0.329. The van der Waals surface area contributed by atoms with Crippen molar-refractivity contribution >= 4 is 131 Å². The molecule has 52 heteroatoms. The van der Waals surface area contributed by atoms with Gasteiger partial charge in [0.1, 0.15) is 71.0 Å². The summed E-state index contributed by atoms with van der Waals surface area (Å²) in [5.41, 5.74) is 15.9. The van der Waals surface area contributed by atoms with Crippen LogP contribution in [0.2, 0.25) is 0 Å². The maximum absolute atomic E-state index is 13.7. The molecule has 2 aliphatic heterocycles. The minimum atomic E-state index is -3.89. The summed E-state index contributed by atoms with van der Waals surface area (Å²) in [5.74, 6) is -1.39. The smallest absolute Gasteiger partial charge is 0.508 e. The Kier molecular flexibility index (Phi) is 41.4. The van der Waals surface area contributed by atoms with E-state index in [0.29, 0.717) is 23.0 Å². The zero-order valence-corrected chi connectivity index (χ0v) is 78.6. The molecule has 4 aromatic heterocycles. The van der Waals surface area contributed by atoms with Gasteiger partial charge in [-0.05, 0) is 133 Å². The van der Waals surface area contributed by atoms with Crippen LogP contribution in [0.15, 0.2) is 216 Å². The predicted octanol–water partition coefficient (Wildman–Crippen LogP) is 15.0. The van der Waals surface area contributed by atoms with E-state index in [2.05, 4.69) is 34.4 Å². The van der Waals surface area contributed by atoms with E-state index in [0.717, 1.165) is 0 Å². The lowest BCUT2D eigenvalue weighted by Crippen LogP contribution is -2.30. The summed E-state index contributed by atoms with van der Waals surface area (Å²) >= 11 is 16.0. The highest BCUT2D eigenvalue weighted by molar-refractivity contribution is 8.05. The van der Waals surface area contributed by atoms with Gasteiger partial charge in [-0.2, -0.15) is 9.97 Å². The number of nitro benzene ring substituents is 3. The third-order valence-electron chi connectivity index (χ3n) is 17.3. The fourth-order valence-electron chi connectivity index (χ4n) is 11.3. The van der Waals surface area contributed by atoms with Crippen LogP contribution in [0.25, 0.3) is 22.3 Å². The highest BCUT2D eigenvalue weighted by Crippen LogP contribution is 2.57. The van der Waals surface area contributed by atoms with Gasteiger partial charge in [-0.15, -0.1) is 0 Å². The number of rotatable bonds is 31. The molecular weight excluding hydrogens is 1910 g/mol. The topological polar surface area (TPSA) is 646 Å². The molecule has 0 radical (unpaired) electrons. The summed E-state index contributed by atoms with van der Waals surface area (Å²) in [4.78, 5) is 109. The monoisotopic (exact) mass is 2000 g/mol. The molecule has 0 saturated carbocycles. The minimum absolute atomic E-state index is 0.0159. The van der Waals surface area contributed by atoms with Crippen molar-refractivity contribution in [3.05, 3.63) is 258 Å². The molecule has 0 aliphatic carbocycles. The second kappa shape index (κ2) is 51.1. The zero-order chi connectivity index (χ0) is 99.0. The molecular formula is C82H97Cl3N14O31P4. The van der Waals surface area contributed by atoms with Crippen LogP contribution < -0.4 is 55.5 Å². The van der Waals surface area contributed by atoms with Gasteiger partial charge >= 0.3 is 46.1 Å². The molecule has 7 aromatic carbocycles. The molecule has 0 bridgehead atoms. The van der Waals surface area contributed by atoms with Gasteiger partial charge in [0, 0.05) is 83.0 Å². The molecule has 12 atom stereocenters. The normalized spacial score (nSPS) is 17.4. The van der Waals surface area contributed by atoms with Crippen molar-refractivity contribution in [2.45, 2.75) is 136 Å². The molecule has 0 amide bonds. The number of nitrogen functional groups attached to an aromatic ring is 2. The van der Waals surface area contributed by atoms with Crippen LogP contribution >= 0.6 is 61.9 Å². The molecule has 13 rings (SSSR count). The number of carbonyl (C=O) groups is 3. The first-order valence-corrected chi connectivity index (χ1v) is 49.5. The SMILES string of the molecule is CC(C)OC(=O)[C@H](C)CP(=O)(OC[C@H]1O[C@@H](n2cnc3c(=O)[nH]c(N)nc32)C[C@H]1O)Oc1ccccc1.CC(C)OC(=O)[C@H](C)CP(=O)(Oc1ccccc1)Oc1ccc([N+](=O)[O-])cc1.CC(C)OC(=O)[C@H](C)N.Nc1nc2c(ncn2[C@H]2C[C@@H](O)[C@@H](CO)O2)c(=O)[nH]1.O=P(Cl)(Cl)Oc1ccccc1.O=[N+]([O-])c1ccc(O)cc1.O=[N+]([O-])c1ccc(OP(=O)(Cl)Oc2ccccc2)cc1. The third kappa shape index (κ3) is 36.2. The summed E-state index contributed by atoms with van der Waals surface area (Å²) < 4.78 is 117. The Bertz CT molecular complexity index is 6000. The van der Waals surface area contributed by atoms with E-state index in [9.17, 15) is 82.8 Å². The lowest BCUT2D eigenvalue weighted by atomic mass is 10.2. The number of esters is 3. The van der Waals surface area contributed by atoms with Crippen LogP contribution in [0.4, 0.5) is 29.0 Å². The van der Waals surface area contributed by atoms with Gasteiger partial charge in [0.25, 0.3) is 28.2 Å². The van der Waals surface area contributed by atoms with Crippen LogP contribution in [-0.2, 0) is 60.9 Å². The van der Waals surface area contributed by atoms with Crippen molar-refractivity contribution in [3.63, 3.8) is 0 Å². The number of ether oxygens (including phenoxy) is 5. The summed E-state index contributed by atoms with van der Waals surface area (Å²) in [6, 6.07) is 48.4. The number of benzene rings is 7. The highest BCUT2D eigenvalue weighted by Gasteiger charge is 2.42. The third-order valence-corrected chi connectivity index (χ3v) is 23.4. The lowest BCUT2D eigenvalue weighted by Gasteiger charge is -2.24. The summed E-state index contributed by atoms with van der Waals surface area (Å²) in [7, 11) is -7.72. The first-order valence-electron chi connectivity index (χ1n) is 40.1. The number of nitro groups is 3. The number of phenolic OH excluding ortho intramolecular Hbond substituents is 1. The molecule has 11 aromatic rings. The number of aromatic nitrogens is 8. The number of aromatic hydroxyl groups is 1. The Morgan fingerprint density at radius 3 is 1.13 bits per heavy atom. The molecule has 12 N–H and O–H groups in total. The number of nitrogens with zero attached hydrogens (tertiary/aromatic N) is 9. The number of aliphatic hydroxyl groups is 3. The average molecular weight is 2010 g/mol. The van der Waals surface area contributed by atoms with E-state index in [1.165, 1.54) is 94.6 Å². The molecule has 45 nitrogen and oxygen atoms in total. The molecule has 3 unspecified atom stereocenters. The number of para-hydroxylation sites is 4. The number of halogens is 3. The average Bonchev–Trinajstić information content (AvgIpc) is 1.63. The number of H-pyrrole nitrogens is 2. The molecule has 2 aliphatic rings. The van der Waals surface area contributed by atoms with Crippen molar-refractivity contribution in [3.8, 4) is 40.2 Å². The van der Waals surface area contributed by atoms with E-state index in [1.807, 2.05) is 0 Å². The van der Waals surface area contributed by atoms with Gasteiger partial charge in [-0.1, -0.05) is 86.6 Å². The van der Waals surface area contributed by atoms with E-state index in [-0.39, 0.29) is 131 Å². The molecule has 134 heavy (non-hydrogen) atoms. The maximum atomic E-state index is 13.7. The quantitative estimate of drug-likeness (QED) is 0.00640. The van der Waals surface area contributed by atoms with Crippen LogP contribution in [0, 0.1) is 42.2 Å². The number of anilines is 2. The number of hydrogen-bond donors (Lipinski definition) is 9. The van der Waals surface area contributed by atoms with Crippen LogP contribution in [0.1, 0.15) is 87.6 Å². The van der Waals surface area contributed by atoms with Crippen molar-refractivity contribution in [1.82, 2.24) is 39.0 Å². The zero-order valence-electron chi connectivity index (χ0n) is 72.8. The van der Waals surface area contributed by atoms with E-state index >= 15 is 0 Å². The van der Waals surface area contributed by atoms with Crippen molar-refractivity contribution < 1.29 is 123 Å². The van der Waals surface area contributed by atoms with Crippen LogP contribution in [0.5, 0.6) is 40.2 Å². The van der Waals surface area contributed by atoms with Gasteiger partial charge in [0.05, 0.1) is 95.3 Å². The molecule has 2 saturated heterocycles. The summed E-state index contributed by atoms with van der Waals surface area (Å²) in [6.07, 6.45) is -5.96. The van der Waals surface area contributed by atoms with E-state index < -0.39 is 121 Å². The number of fused-ring (bicyclic) bond motifs is 2. The van der Waals surface area contributed by atoms with Gasteiger partial charge in [0.15, 0.2) is 22.3 Å². The Balaban J connectivity index is 0.000000225. The largest absolute Gasteiger partial charge is 0.530 e. The van der Waals surface area contributed by atoms with Crippen LogP contribution in [-0.4, -0.2) is 166 Å². The van der Waals surface area contributed by atoms with Gasteiger partial charge in [-0.25, -0.2) is 28.2 Å². The van der Waals surface area contributed by atoms with E-state index in [1.54, 1.807) is 184 Å². The predicted molar refractivity (Wildman–Crippen MR) is 491 cm³/mol. The number of imidazole rings is 2. The van der Waals surface area contributed by atoms with Crippen molar-refractivity contribution in [2.75, 3.05) is 37.0 Å². The number of carbonyl (C=O) groups excluding carboxylic acids is 3. The molecule has 0 spiro atoms. The Morgan fingerprint density at radius 1 is 0.485 bits per heavy atom. The number of nitrogens with one attached hydrogen (secondary N) is 2. The number of phenols is 1. The number of nitrogens with two attached hydrogens (primary N) is 3. The maximum Gasteiger partial charge on any atom is 0.530 e. The standard InChI is InChI=1S/C23H30N5O8P.C19H22NO7P.C12H9ClNO5P.C10H13N5O4.C6H5Cl2O2P.C6H5NO3.C6H13NO2/c1-13(2)34-22(31)14(3)11-37(32,36-15-7-5-4-6-8-15)33-10-17-16(29)9-18(35-17)28-12-25-19-20(28)26-23(24)27-21(19)30;1-14(2)25-19(21)15(3)13-28(24,26-17-7-5-4-6-8-17)27-18-11-9-16(10-12-18)20(22)23;13-20(17,18-11-4-2-1-3-5-11)19-12-8-6-10(7-9-12)14(15)16;11-10-13-8-7(9(18)14-10)12-3-15(8)6-1-4(17)5(2-16)19-6;7-11(8,9)10-6-4-2-1-3-5-6;8-6-3-1-5(2-4-6)7(9)10;1-4(2)9-6(8)5(3)7/h4-8,12-14,16-18,29H,9-11H2,1-3H3,(H3,24,26,27,30);4-12,14-15H,13H2,1-3H3;1-9H;3-6,16-17H,1-2H2,(H3,11,13,14,18);1-5H;1-4,8H;4-5H,7H2,1-3H3/t14-,16-,17-,18-,37?;15-,28?;;4-,5-,6-;;;5-/m11.1..0/s1. The number of hydrogen-bond acceptors (Lipinski definition) is 38. The second-order valence-corrected chi connectivity index (χ2v) is 40.1. The van der Waals surface area contributed by atoms with Crippen molar-refractivity contribution in [2.24, 2.45) is 17.6 Å². The minimum Gasteiger partial charge on any atom is -0.508 e. The number of non-ortho nitro benzene ring substituents is 3. The Morgan fingerprint density at radius 2 is 0.799 bits per heavy atom. The fourth-order valence-corrected chi connectivity index (χ4v) is 17.1. The molecule has 6 heterocycles. The Hall–Kier alpha value is -12.4. The Labute approximate surface area is 778 Å². The van der Waals surface area contributed by atoms with Crippen molar-refractivity contribution in [1.29, 1.82) is 0 Å². The first kappa shape index (κ1) is 109. The van der Waals surface area contributed by atoms with Gasteiger partial charge < -0.3 is 88.5 Å². The number of aromatic amines is 2. The summed E-state index contributed by atoms with van der Waals surface area (Å²) in [5, 5.41) is 69.4.